The average Bonchev–Trinajstić information content (AvgIpc) is 3.14. The smallest absolute Gasteiger partial charge is 0.394 e. The molecule has 7 N–H and O–H groups in total. The van der Waals surface area contributed by atoms with Crippen LogP contribution in [0, 0.1) is 0 Å². The second-order valence-corrected chi connectivity index (χ2v) is 15.4. The van der Waals surface area contributed by atoms with E-state index in [1.54, 1.807) is 6.08 Å². The van der Waals surface area contributed by atoms with E-state index in [0.717, 1.165) is 44.9 Å². The largest absolute Gasteiger partial charge is 0.397 e. The van der Waals surface area contributed by atoms with E-state index in [9.17, 15) is 38.7 Å². The maximum absolute atomic E-state index is 13.0. The summed E-state index contributed by atoms with van der Waals surface area (Å²) in [5, 5.41) is 54.9. The third-order valence-electron chi connectivity index (χ3n) is 9.51. The minimum Gasteiger partial charge on any atom is -0.394 e. The van der Waals surface area contributed by atoms with E-state index in [-0.39, 0.29) is 6.42 Å². The first-order chi connectivity index (χ1) is 25.9. The molecule has 1 fully saturated rings. The summed E-state index contributed by atoms with van der Waals surface area (Å²) in [5.41, 5.74) is 0. The van der Waals surface area contributed by atoms with Gasteiger partial charge in [0, 0.05) is 0 Å². The number of amides is 1. The molecule has 1 amide bonds. The highest BCUT2D eigenvalue weighted by molar-refractivity contribution is 7.80. The Morgan fingerprint density at radius 1 is 0.741 bits per heavy atom. The van der Waals surface area contributed by atoms with Gasteiger partial charge in [-0.2, -0.15) is 8.42 Å². The summed E-state index contributed by atoms with van der Waals surface area (Å²) in [6.07, 6.45) is 22.5. The minimum atomic E-state index is -5.12. The lowest BCUT2D eigenvalue weighted by molar-refractivity contribution is -0.298. The van der Waals surface area contributed by atoms with Gasteiger partial charge in [-0.1, -0.05) is 140 Å². The monoisotopic (exact) mass is 791 g/mol. The highest BCUT2D eigenvalue weighted by atomic mass is 32.3. The molecule has 8 atom stereocenters. The number of unbranched alkanes of at least 4 members (excludes halogenated alkanes) is 16. The predicted molar refractivity (Wildman–Crippen MR) is 210 cm³/mol. The lowest BCUT2D eigenvalue weighted by Gasteiger charge is -2.41. The third kappa shape index (κ3) is 24.0. The number of aliphatic hydroxyl groups excluding tert-OH is 5. The van der Waals surface area contributed by atoms with Crippen LogP contribution in [0.2, 0.25) is 0 Å². The fourth-order valence-corrected chi connectivity index (χ4v) is 6.70. The highest BCUT2D eigenvalue weighted by Gasteiger charge is 2.48. The van der Waals surface area contributed by atoms with Crippen molar-refractivity contribution in [2.24, 2.45) is 0 Å². The van der Waals surface area contributed by atoms with Crippen LogP contribution in [0.4, 0.5) is 0 Å². The number of hydrogen-bond acceptors (Lipinski definition) is 11. The molecule has 1 heterocycles. The maximum atomic E-state index is 13.0. The van der Waals surface area contributed by atoms with Gasteiger partial charge in [0.25, 0.3) is 0 Å². The van der Waals surface area contributed by atoms with Crippen molar-refractivity contribution in [2.45, 2.75) is 198 Å². The number of carbonyl (C=O) groups is 1. The SMILES string of the molecule is CCCCCCC/C=C/CC/C=C/CC/C=C/C(O)C(COC1OC(CO)C(O)C(OS(=O)(=O)O)C1O)NC(=O)C(O)CCCCCCCCCCCC. The molecule has 0 radical (unpaired) electrons. The summed E-state index contributed by atoms with van der Waals surface area (Å²) >= 11 is 0. The molecule has 0 aromatic heterocycles. The highest BCUT2D eigenvalue weighted by Crippen LogP contribution is 2.26. The first kappa shape index (κ1) is 50.3. The molecule has 0 spiro atoms. The standard InChI is InChI=1S/C40H73NO12S/c1-3-5-7-9-11-13-15-16-17-18-19-21-22-24-26-28-33(43)32(41-39(47)34(44)29-27-25-23-20-14-12-10-8-6-4-2)31-51-40-37(46)38(53-54(48,49)50)36(45)35(30-42)52-40/h15-16,19,21,26,28,32-38,40,42-46H,3-14,17-18,20,22-25,27,29-31H2,1-2H3,(H,41,47)(H,48,49,50)/b16-15+,21-19+,28-26+. The number of ether oxygens (including phenoxy) is 2. The average molecular weight is 792 g/mol. The van der Waals surface area contributed by atoms with E-state index >= 15 is 0 Å². The molecule has 0 saturated carbocycles. The van der Waals surface area contributed by atoms with Crippen molar-refractivity contribution in [2.75, 3.05) is 13.2 Å². The molecular weight excluding hydrogens is 719 g/mol. The minimum absolute atomic E-state index is 0.234. The molecule has 1 aliphatic heterocycles. The van der Waals surface area contributed by atoms with Crippen LogP contribution in [0.5, 0.6) is 0 Å². The molecule has 1 saturated heterocycles. The fourth-order valence-electron chi connectivity index (χ4n) is 6.20. The zero-order chi connectivity index (χ0) is 40.0. The van der Waals surface area contributed by atoms with E-state index in [2.05, 4.69) is 47.7 Å². The molecule has 0 aromatic carbocycles. The van der Waals surface area contributed by atoms with Crippen molar-refractivity contribution >= 4 is 16.3 Å². The third-order valence-corrected chi connectivity index (χ3v) is 9.97. The van der Waals surface area contributed by atoms with Crippen molar-refractivity contribution in [3.8, 4) is 0 Å². The topological polar surface area (TPSA) is 212 Å². The summed E-state index contributed by atoms with van der Waals surface area (Å²) in [5.74, 6) is -0.721. The summed E-state index contributed by atoms with van der Waals surface area (Å²) in [6, 6.07) is -1.14. The second-order valence-electron chi connectivity index (χ2n) is 14.3. The molecule has 8 unspecified atom stereocenters. The molecule has 1 rings (SSSR count). The van der Waals surface area contributed by atoms with Gasteiger partial charge in [0.05, 0.1) is 25.4 Å². The van der Waals surface area contributed by atoms with Gasteiger partial charge in [-0.3, -0.25) is 9.35 Å². The Labute approximate surface area is 325 Å². The number of hydrogen-bond donors (Lipinski definition) is 7. The Bertz CT molecular complexity index is 1130. The fraction of sp³-hybridized carbons (Fsp3) is 0.825. The van der Waals surface area contributed by atoms with Crippen LogP contribution in [0.1, 0.15) is 149 Å². The molecule has 14 heteroatoms. The Morgan fingerprint density at radius 3 is 1.78 bits per heavy atom. The van der Waals surface area contributed by atoms with Crippen LogP contribution in [0.15, 0.2) is 36.5 Å². The van der Waals surface area contributed by atoms with E-state index in [1.165, 1.54) is 76.7 Å². The van der Waals surface area contributed by atoms with Gasteiger partial charge < -0.3 is 40.3 Å². The van der Waals surface area contributed by atoms with Crippen LogP contribution in [-0.2, 0) is 28.9 Å². The van der Waals surface area contributed by atoms with Gasteiger partial charge in [0.1, 0.15) is 30.5 Å². The molecular formula is C40H73NO12S. The molecule has 316 valence electrons. The van der Waals surface area contributed by atoms with Crippen molar-refractivity contribution < 1.29 is 57.0 Å². The normalized spacial score (nSPS) is 22.7. The number of rotatable bonds is 33. The number of carbonyl (C=O) groups excluding carboxylic acids is 1. The van der Waals surface area contributed by atoms with Gasteiger partial charge in [-0.25, -0.2) is 4.18 Å². The van der Waals surface area contributed by atoms with E-state index in [4.69, 9.17) is 14.0 Å². The van der Waals surface area contributed by atoms with Crippen LogP contribution in [0.3, 0.4) is 0 Å². The molecule has 1 aliphatic rings. The van der Waals surface area contributed by atoms with Crippen molar-refractivity contribution in [3.63, 3.8) is 0 Å². The van der Waals surface area contributed by atoms with Crippen LogP contribution < -0.4 is 5.32 Å². The zero-order valence-corrected chi connectivity index (χ0v) is 33.7. The maximum Gasteiger partial charge on any atom is 0.397 e. The lowest BCUT2D eigenvalue weighted by atomic mass is 9.99. The summed E-state index contributed by atoms with van der Waals surface area (Å²) in [4.78, 5) is 13.0. The number of allylic oxidation sites excluding steroid dienone is 5. The van der Waals surface area contributed by atoms with E-state index in [1.807, 2.05) is 0 Å². The van der Waals surface area contributed by atoms with Crippen LogP contribution in [0.25, 0.3) is 0 Å². The molecule has 0 aliphatic carbocycles. The lowest BCUT2D eigenvalue weighted by Crippen LogP contribution is -2.61. The van der Waals surface area contributed by atoms with Crippen molar-refractivity contribution in [1.29, 1.82) is 0 Å². The van der Waals surface area contributed by atoms with Crippen LogP contribution >= 0.6 is 0 Å². The first-order valence-electron chi connectivity index (χ1n) is 20.5. The van der Waals surface area contributed by atoms with E-state index in [0.29, 0.717) is 12.8 Å². The first-order valence-corrected chi connectivity index (χ1v) is 21.8. The van der Waals surface area contributed by atoms with Gasteiger partial charge in [0.2, 0.25) is 5.91 Å². The molecule has 0 aromatic rings. The number of nitrogens with one attached hydrogen (secondary N) is 1. The van der Waals surface area contributed by atoms with Gasteiger partial charge in [0.15, 0.2) is 6.29 Å². The summed E-state index contributed by atoms with van der Waals surface area (Å²) in [7, 11) is -5.12. The van der Waals surface area contributed by atoms with Gasteiger partial charge in [-0.05, 0) is 44.9 Å². The Hall–Kier alpha value is -1.72. The molecule has 13 nitrogen and oxygen atoms in total. The van der Waals surface area contributed by atoms with Crippen molar-refractivity contribution in [3.05, 3.63) is 36.5 Å². The predicted octanol–water partition coefficient (Wildman–Crippen LogP) is 5.74. The second kappa shape index (κ2) is 31.4. The van der Waals surface area contributed by atoms with Crippen LogP contribution in [-0.4, -0.2) is 107 Å². The summed E-state index contributed by atoms with van der Waals surface area (Å²) < 4.78 is 47.3. The zero-order valence-electron chi connectivity index (χ0n) is 32.9. The molecule has 54 heavy (non-hydrogen) atoms. The van der Waals surface area contributed by atoms with E-state index < -0.39 is 78.5 Å². The van der Waals surface area contributed by atoms with Gasteiger partial charge >= 0.3 is 10.4 Å². The number of aliphatic hydroxyl groups is 5. The molecule has 0 bridgehead atoms. The quantitative estimate of drug-likeness (QED) is 0.0241. The van der Waals surface area contributed by atoms with Crippen molar-refractivity contribution in [1.82, 2.24) is 5.32 Å². The van der Waals surface area contributed by atoms with Gasteiger partial charge in [-0.15, -0.1) is 0 Å². The summed E-state index contributed by atoms with van der Waals surface area (Å²) in [6.45, 7) is 3.12. The Balaban J connectivity index is 2.73. The Kier molecular flexibility index (Phi) is 29.2. The Morgan fingerprint density at radius 2 is 1.24 bits per heavy atom.